The number of aryl methyl sites for hydroxylation is 1. The maximum Gasteiger partial charge on any atom is 0.119 e. The van der Waals surface area contributed by atoms with Crippen LogP contribution in [0.4, 0.5) is 0 Å². The van der Waals surface area contributed by atoms with E-state index < -0.39 is 0 Å². The normalized spacial score (nSPS) is 12.5. The van der Waals surface area contributed by atoms with Gasteiger partial charge in [0.15, 0.2) is 0 Å². The monoisotopic (exact) mass is 327 g/mol. The third-order valence-electron chi connectivity index (χ3n) is 4.48. The summed E-state index contributed by atoms with van der Waals surface area (Å²) in [6.07, 6.45) is 3.92. The lowest BCUT2D eigenvalue weighted by Crippen LogP contribution is -2.23. The SMILES string of the molecule is CCC(CC)(Pc1ccccc1/C=N/C)c1cc(C)ccc1O. The summed E-state index contributed by atoms with van der Waals surface area (Å²) in [5, 5.41) is 11.7. The topological polar surface area (TPSA) is 32.6 Å². The number of hydrogen-bond acceptors (Lipinski definition) is 2. The fourth-order valence-electron chi connectivity index (χ4n) is 3.03. The number of nitrogens with zero attached hydrogens (tertiary/aromatic N) is 1. The molecular formula is C20H26NOP. The molecule has 23 heavy (non-hydrogen) atoms. The van der Waals surface area contributed by atoms with Gasteiger partial charge in [0.25, 0.3) is 0 Å². The summed E-state index contributed by atoms with van der Waals surface area (Å²) in [6.45, 7) is 6.52. The van der Waals surface area contributed by atoms with Crippen molar-refractivity contribution in [1.29, 1.82) is 0 Å². The summed E-state index contributed by atoms with van der Waals surface area (Å²) < 4.78 is 0. The Bertz CT molecular complexity index is 690. The molecule has 0 spiro atoms. The largest absolute Gasteiger partial charge is 0.508 e. The molecular weight excluding hydrogens is 301 g/mol. The zero-order chi connectivity index (χ0) is 16.9. The first-order chi connectivity index (χ1) is 11.1. The number of phenolic OH excluding ortho intramolecular Hbond substituents is 1. The van der Waals surface area contributed by atoms with Crippen molar-refractivity contribution in [3.8, 4) is 5.75 Å². The third kappa shape index (κ3) is 3.82. The van der Waals surface area contributed by atoms with Gasteiger partial charge in [-0.25, -0.2) is 0 Å². The summed E-state index contributed by atoms with van der Waals surface area (Å²) >= 11 is 0. The molecule has 1 N–H and O–H groups in total. The number of phenols is 1. The van der Waals surface area contributed by atoms with Gasteiger partial charge in [0.2, 0.25) is 0 Å². The van der Waals surface area contributed by atoms with Gasteiger partial charge in [0, 0.05) is 24.0 Å². The molecule has 0 aliphatic heterocycles. The predicted octanol–water partition coefficient (Wildman–Crippen LogP) is 4.77. The van der Waals surface area contributed by atoms with E-state index in [1.165, 1.54) is 16.4 Å². The molecule has 0 saturated heterocycles. The minimum atomic E-state index is -0.0339. The van der Waals surface area contributed by atoms with E-state index >= 15 is 0 Å². The summed E-state index contributed by atoms with van der Waals surface area (Å²) in [7, 11) is 2.40. The average molecular weight is 327 g/mol. The van der Waals surface area contributed by atoms with E-state index in [1.807, 2.05) is 18.3 Å². The van der Waals surface area contributed by atoms with Crippen molar-refractivity contribution in [2.75, 3.05) is 7.05 Å². The van der Waals surface area contributed by atoms with Gasteiger partial charge in [-0.05, 0) is 36.7 Å². The Morgan fingerprint density at radius 2 is 1.83 bits per heavy atom. The van der Waals surface area contributed by atoms with Crippen molar-refractivity contribution < 1.29 is 5.11 Å². The molecule has 2 nitrogen and oxygen atoms in total. The Labute approximate surface area is 141 Å². The minimum Gasteiger partial charge on any atom is -0.508 e. The van der Waals surface area contributed by atoms with Gasteiger partial charge in [-0.15, -0.1) is 0 Å². The number of aromatic hydroxyl groups is 1. The second-order valence-corrected chi connectivity index (χ2v) is 7.66. The van der Waals surface area contributed by atoms with Crippen LogP contribution in [-0.2, 0) is 5.16 Å². The molecule has 2 aromatic rings. The van der Waals surface area contributed by atoms with Crippen LogP contribution in [0.1, 0.15) is 43.4 Å². The summed E-state index contributed by atoms with van der Waals surface area (Å²) in [4.78, 5) is 4.18. The first kappa shape index (κ1) is 17.7. The highest BCUT2D eigenvalue weighted by atomic mass is 31.1. The van der Waals surface area contributed by atoms with Crippen LogP contribution in [0.3, 0.4) is 0 Å². The van der Waals surface area contributed by atoms with Gasteiger partial charge >= 0.3 is 0 Å². The van der Waals surface area contributed by atoms with Crippen LogP contribution in [0.15, 0.2) is 47.5 Å². The Morgan fingerprint density at radius 1 is 1.13 bits per heavy atom. The van der Waals surface area contributed by atoms with Crippen LogP contribution in [0.25, 0.3) is 0 Å². The van der Waals surface area contributed by atoms with Gasteiger partial charge in [-0.1, -0.05) is 64.4 Å². The molecule has 2 aromatic carbocycles. The molecule has 0 radical (unpaired) electrons. The zero-order valence-electron chi connectivity index (χ0n) is 14.4. The predicted molar refractivity (Wildman–Crippen MR) is 103 cm³/mol. The Balaban J connectivity index is 2.52. The number of aliphatic imine (C=N–C) groups is 1. The highest BCUT2D eigenvalue weighted by molar-refractivity contribution is 7.48. The van der Waals surface area contributed by atoms with Crippen LogP contribution in [0, 0.1) is 6.92 Å². The Kier molecular flexibility index (Phi) is 5.96. The first-order valence-corrected chi connectivity index (χ1v) is 9.15. The molecule has 1 unspecified atom stereocenters. The first-order valence-electron chi connectivity index (χ1n) is 8.15. The lowest BCUT2D eigenvalue weighted by Gasteiger charge is -2.34. The maximum atomic E-state index is 10.5. The molecule has 0 amide bonds. The van der Waals surface area contributed by atoms with Crippen molar-refractivity contribution in [1.82, 2.24) is 0 Å². The van der Waals surface area contributed by atoms with Crippen molar-refractivity contribution in [2.24, 2.45) is 4.99 Å². The van der Waals surface area contributed by atoms with Crippen LogP contribution in [0.2, 0.25) is 0 Å². The number of benzene rings is 2. The van der Waals surface area contributed by atoms with Gasteiger partial charge in [0.05, 0.1) is 0 Å². The van der Waals surface area contributed by atoms with Crippen molar-refractivity contribution >= 4 is 20.1 Å². The van der Waals surface area contributed by atoms with E-state index in [0.717, 1.165) is 18.4 Å². The van der Waals surface area contributed by atoms with Gasteiger partial charge in [-0.3, -0.25) is 4.99 Å². The molecule has 1 atom stereocenters. The molecule has 0 fully saturated rings. The molecule has 122 valence electrons. The summed E-state index contributed by atoms with van der Waals surface area (Å²) in [5.41, 5.74) is 3.44. The van der Waals surface area contributed by atoms with E-state index in [0.29, 0.717) is 14.3 Å². The second kappa shape index (κ2) is 7.75. The van der Waals surface area contributed by atoms with Crippen molar-refractivity contribution in [2.45, 2.75) is 38.8 Å². The maximum absolute atomic E-state index is 10.5. The lowest BCUT2D eigenvalue weighted by molar-refractivity contribution is 0.448. The molecule has 0 aliphatic carbocycles. The van der Waals surface area contributed by atoms with Crippen LogP contribution in [-0.4, -0.2) is 18.4 Å². The van der Waals surface area contributed by atoms with Crippen molar-refractivity contribution in [3.05, 3.63) is 59.2 Å². The summed E-state index contributed by atoms with van der Waals surface area (Å²) in [5.74, 6) is 0.411. The Morgan fingerprint density at radius 3 is 2.48 bits per heavy atom. The van der Waals surface area contributed by atoms with Gasteiger partial charge in [-0.2, -0.15) is 0 Å². The van der Waals surface area contributed by atoms with Crippen molar-refractivity contribution in [3.63, 3.8) is 0 Å². The van der Waals surface area contributed by atoms with E-state index in [4.69, 9.17) is 0 Å². The van der Waals surface area contributed by atoms with Gasteiger partial charge < -0.3 is 5.11 Å². The molecule has 0 bridgehead atoms. The van der Waals surface area contributed by atoms with Gasteiger partial charge in [0.1, 0.15) is 5.75 Å². The van der Waals surface area contributed by atoms with E-state index in [2.05, 4.69) is 56.1 Å². The number of hydrogen-bond donors (Lipinski definition) is 1. The standard InChI is InChI=1S/C20H26NOP/c1-5-20(6-2,17-13-15(3)11-12-18(17)22)23-19-10-8-7-9-16(19)14-21-4/h7-14,22-23H,5-6H2,1-4H3/b21-14+. The van der Waals surface area contributed by atoms with Crippen LogP contribution < -0.4 is 5.30 Å². The van der Waals surface area contributed by atoms with E-state index in [-0.39, 0.29) is 5.16 Å². The van der Waals surface area contributed by atoms with E-state index in [1.54, 1.807) is 7.05 Å². The number of rotatable bonds is 6. The molecule has 2 rings (SSSR count). The zero-order valence-corrected chi connectivity index (χ0v) is 15.4. The molecule has 0 aliphatic rings. The fourth-order valence-corrected chi connectivity index (χ4v) is 4.70. The highest BCUT2D eigenvalue weighted by Gasteiger charge is 2.32. The average Bonchev–Trinajstić information content (AvgIpc) is 2.57. The minimum absolute atomic E-state index is 0.0339. The molecule has 3 heteroatoms. The second-order valence-electron chi connectivity index (χ2n) is 5.91. The van der Waals surface area contributed by atoms with Crippen LogP contribution in [0.5, 0.6) is 5.75 Å². The molecule has 0 saturated carbocycles. The third-order valence-corrected chi connectivity index (χ3v) is 6.66. The lowest BCUT2D eigenvalue weighted by atomic mass is 9.91. The van der Waals surface area contributed by atoms with Crippen LogP contribution >= 0.6 is 8.58 Å². The Hall–Kier alpha value is -1.66. The van der Waals surface area contributed by atoms with E-state index in [9.17, 15) is 5.11 Å². The quantitative estimate of drug-likeness (QED) is 0.602. The summed E-state index contributed by atoms with van der Waals surface area (Å²) in [6, 6.07) is 14.4. The molecule has 0 heterocycles. The highest BCUT2D eigenvalue weighted by Crippen LogP contribution is 2.50. The smallest absolute Gasteiger partial charge is 0.119 e. The molecule has 0 aromatic heterocycles. The fraction of sp³-hybridized carbons (Fsp3) is 0.350.